The molecule has 0 spiro atoms. The highest BCUT2D eigenvalue weighted by molar-refractivity contribution is 5.80. The Kier molecular flexibility index (Phi) is 2.64. The maximum Gasteiger partial charge on any atom is 0.0456 e. The SMILES string of the molecule is NC1C2CCC1CN(Cc1cc3ccccc3[nH]1)C2. The predicted molar refractivity (Wildman–Crippen MR) is 77.8 cm³/mol. The van der Waals surface area contributed by atoms with Crippen LogP contribution in [0.15, 0.2) is 30.3 Å². The third-order valence-electron chi connectivity index (χ3n) is 4.96. The Hall–Kier alpha value is -1.32. The van der Waals surface area contributed by atoms with Gasteiger partial charge in [0.05, 0.1) is 0 Å². The van der Waals surface area contributed by atoms with E-state index in [9.17, 15) is 0 Å². The molecule has 3 heteroatoms. The number of likely N-dealkylation sites (tertiary alicyclic amines) is 1. The number of benzene rings is 1. The van der Waals surface area contributed by atoms with Crippen LogP contribution in [0.25, 0.3) is 10.9 Å². The van der Waals surface area contributed by atoms with Crippen LogP contribution in [0.5, 0.6) is 0 Å². The summed E-state index contributed by atoms with van der Waals surface area (Å²) in [5.74, 6) is 1.45. The van der Waals surface area contributed by atoms with Crippen LogP contribution in [-0.2, 0) is 6.54 Å². The zero-order chi connectivity index (χ0) is 12.8. The number of rotatable bonds is 2. The standard InChI is InChI=1S/C16H21N3/c17-16-12-5-6-13(16)9-19(8-12)10-14-7-11-3-1-2-4-15(11)18-14/h1-4,7,12-13,16,18H,5-6,8-10,17H2. The summed E-state index contributed by atoms with van der Waals surface area (Å²) in [7, 11) is 0. The fourth-order valence-electron chi connectivity index (χ4n) is 3.95. The third kappa shape index (κ3) is 1.97. The highest BCUT2D eigenvalue weighted by atomic mass is 15.2. The average Bonchev–Trinajstić information content (AvgIpc) is 2.87. The highest BCUT2D eigenvalue weighted by Crippen LogP contribution is 2.36. The first-order chi connectivity index (χ1) is 9.29. The van der Waals surface area contributed by atoms with Gasteiger partial charge in [-0.15, -0.1) is 0 Å². The maximum atomic E-state index is 6.27. The molecule has 1 aromatic heterocycles. The largest absolute Gasteiger partial charge is 0.357 e. The van der Waals surface area contributed by atoms with Crippen molar-refractivity contribution >= 4 is 10.9 Å². The molecule has 0 radical (unpaired) electrons. The molecule has 1 aliphatic carbocycles. The van der Waals surface area contributed by atoms with E-state index in [2.05, 4.69) is 40.2 Å². The minimum atomic E-state index is 0.457. The molecule has 1 saturated carbocycles. The molecule has 4 rings (SSSR count). The molecule has 1 aliphatic heterocycles. The number of piperidine rings is 1. The molecule has 2 aliphatic rings. The van der Waals surface area contributed by atoms with Crippen LogP contribution in [0.2, 0.25) is 0 Å². The fourth-order valence-corrected chi connectivity index (χ4v) is 3.95. The summed E-state index contributed by atoms with van der Waals surface area (Å²) in [4.78, 5) is 6.11. The summed E-state index contributed by atoms with van der Waals surface area (Å²) in [6, 6.07) is 11.2. The summed E-state index contributed by atoms with van der Waals surface area (Å²) in [6.45, 7) is 3.38. The van der Waals surface area contributed by atoms with Crippen molar-refractivity contribution in [3.05, 3.63) is 36.0 Å². The van der Waals surface area contributed by atoms with Crippen molar-refractivity contribution in [2.45, 2.75) is 25.4 Å². The van der Waals surface area contributed by atoms with E-state index >= 15 is 0 Å². The van der Waals surface area contributed by atoms with Gasteiger partial charge in [-0.05, 0) is 42.2 Å². The van der Waals surface area contributed by atoms with Gasteiger partial charge in [0, 0.05) is 36.9 Å². The normalized spacial score (nSPS) is 31.1. The van der Waals surface area contributed by atoms with Gasteiger partial charge in [-0.25, -0.2) is 0 Å². The number of hydrogen-bond donors (Lipinski definition) is 2. The van der Waals surface area contributed by atoms with Crippen molar-refractivity contribution < 1.29 is 0 Å². The predicted octanol–water partition coefficient (Wildman–Crippen LogP) is 2.34. The number of para-hydroxylation sites is 1. The Morgan fingerprint density at radius 2 is 1.89 bits per heavy atom. The first-order valence-corrected chi connectivity index (χ1v) is 7.34. The van der Waals surface area contributed by atoms with Crippen LogP contribution in [0.1, 0.15) is 18.5 Å². The van der Waals surface area contributed by atoms with Crippen LogP contribution in [0, 0.1) is 11.8 Å². The molecule has 1 aromatic carbocycles. The van der Waals surface area contributed by atoms with Crippen LogP contribution in [0.3, 0.4) is 0 Å². The zero-order valence-corrected chi connectivity index (χ0v) is 11.2. The maximum absolute atomic E-state index is 6.27. The van der Waals surface area contributed by atoms with Crippen molar-refractivity contribution in [2.75, 3.05) is 13.1 Å². The van der Waals surface area contributed by atoms with E-state index in [1.54, 1.807) is 0 Å². The highest BCUT2D eigenvalue weighted by Gasteiger charge is 2.39. The number of nitrogens with zero attached hydrogens (tertiary/aromatic N) is 1. The van der Waals surface area contributed by atoms with Gasteiger partial charge in [0.15, 0.2) is 0 Å². The molecule has 0 amide bonds. The van der Waals surface area contributed by atoms with Gasteiger partial charge in [0.1, 0.15) is 0 Å². The quantitative estimate of drug-likeness (QED) is 0.865. The number of hydrogen-bond acceptors (Lipinski definition) is 2. The second-order valence-electron chi connectivity index (χ2n) is 6.25. The lowest BCUT2D eigenvalue weighted by Crippen LogP contribution is -2.48. The zero-order valence-electron chi connectivity index (χ0n) is 11.2. The van der Waals surface area contributed by atoms with Gasteiger partial charge < -0.3 is 10.7 Å². The molecular weight excluding hydrogens is 234 g/mol. The van der Waals surface area contributed by atoms with Crippen LogP contribution >= 0.6 is 0 Å². The molecule has 2 aromatic rings. The van der Waals surface area contributed by atoms with E-state index in [0.29, 0.717) is 6.04 Å². The third-order valence-corrected chi connectivity index (χ3v) is 4.96. The molecule has 1 saturated heterocycles. The van der Waals surface area contributed by atoms with Gasteiger partial charge in [-0.3, -0.25) is 4.90 Å². The van der Waals surface area contributed by atoms with Gasteiger partial charge in [-0.2, -0.15) is 0 Å². The van der Waals surface area contributed by atoms with Crippen molar-refractivity contribution in [3.8, 4) is 0 Å². The summed E-state index contributed by atoms with van der Waals surface area (Å²) in [6.07, 6.45) is 2.66. The smallest absolute Gasteiger partial charge is 0.0456 e. The Morgan fingerprint density at radius 3 is 2.63 bits per heavy atom. The number of aromatic nitrogens is 1. The first-order valence-electron chi connectivity index (χ1n) is 7.34. The van der Waals surface area contributed by atoms with Gasteiger partial charge in [0.25, 0.3) is 0 Å². The summed E-state index contributed by atoms with van der Waals surface area (Å²) < 4.78 is 0. The topological polar surface area (TPSA) is 45.0 Å². The Bertz CT molecular complexity index is 541. The fraction of sp³-hybridized carbons (Fsp3) is 0.500. The van der Waals surface area contributed by atoms with E-state index in [1.807, 2.05) is 0 Å². The van der Waals surface area contributed by atoms with Crippen molar-refractivity contribution in [2.24, 2.45) is 17.6 Å². The number of nitrogens with two attached hydrogens (primary N) is 1. The van der Waals surface area contributed by atoms with Gasteiger partial charge in [-0.1, -0.05) is 18.2 Å². The van der Waals surface area contributed by atoms with Gasteiger partial charge >= 0.3 is 0 Å². The van der Waals surface area contributed by atoms with E-state index in [1.165, 1.54) is 42.5 Å². The Morgan fingerprint density at radius 1 is 1.16 bits per heavy atom. The summed E-state index contributed by atoms with van der Waals surface area (Å²) >= 11 is 0. The molecule has 2 atom stereocenters. The van der Waals surface area contributed by atoms with Crippen molar-refractivity contribution in [3.63, 3.8) is 0 Å². The molecule has 2 fully saturated rings. The van der Waals surface area contributed by atoms with Crippen LogP contribution in [0.4, 0.5) is 0 Å². The molecule has 2 heterocycles. The summed E-state index contributed by atoms with van der Waals surface area (Å²) in [5, 5.41) is 1.31. The van der Waals surface area contributed by atoms with E-state index < -0.39 is 0 Å². The molecule has 2 bridgehead atoms. The summed E-state index contributed by atoms with van der Waals surface area (Å²) in [5.41, 5.74) is 8.84. The second kappa shape index (κ2) is 4.36. The lowest BCUT2D eigenvalue weighted by molar-refractivity contribution is 0.139. The lowest BCUT2D eigenvalue weighted by atomic mass is 9.93. The number of fused-ring (bicyclic) bond motifs is 3. The lowest BCUT2D eigenvalue weighted by Gasteiger charge is -2.35. The molecule has 3 nitrogen and oxygen atoms in total. The minimum Gasteiger partial charge on any atom is -0.357 e. The molecule has 3 N–H and O–H groups in total. The second-order valence-corrected chi connectivity index (χ2v) is 6.25. The van der Waals surface area contributed by atoms with Crippen molar-refractivity contribution in [1.82, 2.24) is 9.88 Å². The Balaban J connectivity index is 1.52. The number of aromatic amines is 1. The first kappa shape index (κ1) is 11.5. The van der Waals surface area contributed by atoms with E-state index in [4.69, 9.17) is 5.73 Å². The van der Waals surface area contributed by atoms with Crippen LogP contribution in [-0.4, -0.2) is 29.0 Å². The molecule has 100 valence electrons. The molecule has 19 heavy (non-hydrogen) atoms. The van der Waals surface area contributed by atoms with Gasteiger partial charge in [0.2, 0.25) is 0 Å². The minimum absolute atomic E-state index is 0.457. The van der Waals surface area contributed by atoms with Crippen molar-refractivity contribution in [1.29, 1.82) is 0 Å². The number of nitrogens with one attached hydrogen (secondary N) is 1. The molecular formula is C16H21N3. The van der Waals surface area contributed by atoms with E-state index in [0.717, 1.165) is 18.4 Å². The molecule has 2 unspecified atom stereocenters. The Labute approximate surface area is 113 Å². The van der Waals surface area contributed by atoms with E-state index in [-0.39, 0.29) is 0 Å². The monoisotopic (exact) mass is 255 g/mol. The number of H-pyrrole nitrogens is 1. The average molecular weight is 255 g/mol. The van der Waals surface area contributed by atoms with Crippen LogP contribution < -0.4 is 5.73 Å².